The van der Waals surface area contributed by atoms with Gasteiger partial charge in [-0.15, -0.1) is 0 Å². The predicted octanol–water partition coefficient (Wildman–Crippen LogP) is 2.11. The second-order valence-corrected chi connectivity index (χ2v) is 11.8. The number of hydrogen-bond donors (Lipinski definition) is 3. The summed E-state index contributed by atoms with van der Waals surface area (Å²) in [6.45, 7) is 5.44. The SMILES string of the molecule is CC(C)(C)C(NC(=O)c1nn(Cc2ccc(N)cc2)c2c(F)cccc12)C(=O)NCCS(C)(=O)=O. The number of rotatable bonds is 8. The van der Waals surface area contributed by atoms with Crippen molar-refractivity contribution in [3.8, 4) is 0 Å². The minimum absolute atomic E-state index is 0.0202. The third-order valence-corrected chi connectivity index (χ3v) is 6.37. The number of nitrogen functional groups attached to an aromatic ring is 1. The molecule has 0 aliphatic heterocycles. The molecule has 1 heterocycles. The first-order chi connectivity index (χ1) is 16.3. The molecule has 0 saturated carbocycles. The van der Waals surface area contributed by atoms with Crippen molar-refractivity contribution in [2.45, 2.75) is 33.4 Å². The van der Waals surface area contributed by atoms with E-state index in [4.69, 9.17) is 5.73 Å². The van der Waals surface area contributed by atoms with E-state index in [1.165, 1.54) is 16.8 Å². The van der Waals surface area contributed by atoms with Crippen LogP contribution in [-0.2, 0) is 21.2 Å². The number of carbonyl (C=O) groups is 2. The molecular formula is C24H30FN5O4S. The predicted molar refractivity (Wildman–Crippen MR) is 133 cm³/mol. The van der Waals surface area contributed by atoms with Gasteiger partial charge in [-0.2, -0.15) is 5.10 Å². The monoisotopic (exact) mass is 503 g/mol. The number of para-hydroxylation sites is 1. The minimum Gasteiger partial charge on any atom is -0.399 e. The van der Waals surface area contributed by atoms with Crippen LogP contribution >= 0.6 is 0 Å². The number of sulfone groups is 1. The molecule has 2 amide bonds. The number of anilines is 1. The van der Waals surface area contributed by atoms with Gasteiger partial charge in [0.1, 0.15) is 27.2 Å². The Morgan fingerprint density at radius 1 is 1.14 bits per heavy atom. The zero-order valence-corrected chi connectivity index (χ0v) is 20.9. The normalized spacial score (nSPS) is 12.9. The van der Waals surface area contributed by atoms with Crippen LogP contribution in [0.15, 0.2) is 42.5 Å². The number of fused-ring (bicyclic) bond motifs is 1. The summed E-state index contributed by atoms with van der Waals surface area (Å²) in [5.41, 5.74) is 6.60. The number of aromatic nitrogens is 2. The van der Waals surface area contributed by atoms with Gasteiger partial charge in [0.25, 0.3) is 5.91 Å². The fraction of sp³-hybridized carbons (Fsp3) is 0.375. The maximum Gasteiger partial charge on any atom is 0.273 e. The van der Waals surface area contributed by atoms with E-state index in [-0.39, 0.29) is 30.1 Å². The molecular weight excluding hydrogens is 473 g/mol. The highest BCUT2D eigenvalue weighted by Gasteiger charge is 2.34. The average molecular weight is 504 g/mol. The quantitative estimate of drug-likeness (QED) is 0.403. The summed E-state index contributed by atoms with van der Waals surface area (Å²) in [6, 6.07) is 10.4. The van der Waals surface area contributed by atoms with Gasteiger partial charge in [0.15, 0.2) is 5.69 Å². The van der Waals surface area contributed by atoms with Crippen molar-refractivity contribution in [1.82, 2.24) is 20.4 Å². The second kappa shape index (κ2) is 10.0. The summed E-state index contributed by atoms with van der Waals surface area (Å²) in [4.78, 5) is 26.1. The Labute approximate surface area is 203 Å². The molecule has 0 fully saturated rings. The van der Waals surface area contributed by atoms with E-state index in [2.05, 4.69) is 15.7 Å². The molecule has 2 aromatic carbocycles. The Bertz CT molecular complexity index is 1340. The summed E-state index contributed by atoms with van der Waals surface area (Å²) in [5, 5.41) is 9.95. The Balaban J connectivity index is 1.90. The lowest BCUT2D eigenvalue weighted by atomic mass is 9.86. The zero-order valence-electron chi connectivity index (χ0n) is 20.1. The molecule has 0 radical (unpaired) electrons. The van der Waals surface area contributed by atoms with Gasteiger partial charge < -0.3 is 16.4 Å². The van der Waals surface area contributed by atoms with E-state index in [1.807, 2.05) is 0 Å². The van der Waals surface area contributed by atoms with E-state index in [1.54, 1.807) is 51.1 Å². The van der Waals surface area contributed by atoms with Crippen LogP contribution in [0, 0.1) is 11.2 Å². The molecule has 0 saturated heterocycles. The van der Waals surface area contributed by atoms with E-state index in [0.717, 1.165) is 11.8 Å². The van der Waals surface area contributed by atoms with Crippen molar-refractivity contribution < 1.29 is 22.4 Å². The number of carbonyl (C=O) groups excluding carboxylic acids is 2. The molecule has 11 heteroatoms. The molecule has 1 unspecified atom stereocenters. The van der Waals surface area contributed by atoms with Crippen molar-refractivity contribution in [2.75, 3.05) is 24.3 Å². The van der Waals surface area contributed by atoms with Crippen molar-refractivity contribution >= 4 is 38.2 Å². The summed E-state index contributed by atoms with van der Waals surface area (Å²) in [6.07, 6.45) is 1.08. The average Bonchev–Trinajstić information content (AvgIpc) is 3.11. The fourth-order valence-corrected chi connectivity index (χ4v) is 4.08. The molecule has 0 aliphatic carbocycles. The van der Waals surface area contributed by atoms with Gasteiger partial charge in [0, 0.05) is 23.9 Å². The van der Waals surface area contributed by atoms with Gasteiger partial charge in [-0.05, 0) is 29.2 Å². The standard InChI is InChI=1S/C24H30FN5O4S/c1-24(2,3)21(23(32)27-12-13-35(4,33)34)28-22(31)19-17-6-5-7-18(25)20(17)30(29-19)14-15-8-10-16(26)11-9-15/h5-11,21H,12-14,26H2,1-4H3,(H,27,32)(H,28,31). The van der Waals surface area contributed by atoms with E-state index < -0.39 is 38.9 Å². The van der Waals surface area contributed by atoms with Gasteiger partial charge in [0.05, 0.1) is 12.3 Å². The number of nitrogens with one attached hydrogen (secondary N) is 2. The van der Waals surface area contributed by atoms with Crippen molar-refractivity contribution in [3.05, 3.63) is 59.5 Å². The van der Waals surface area contributed by atoms with Crippen molar-refractivity contribution in [2.24, 2.45) is 5.41 Å². The highest BCUT2D eigenvalue weighted by molar-refractivity contribution is 7.90. The van der Waals surface area contributed by atoms with Gasteiger partial charge in [0.2, 0.25) is 5.91 Å². The van der Waals surface area contributed by atoms with Crippen LogP contribution in [0.3, 0.4) is 0 Å². The van der Waals surface area contributed by atoms with Gasteiger partial charge in [-0.3, -0.25) is 14.3 Å². The van der Waals surface area contributed by atoms with Gasteiger partial charge in [-0.25, -0.2) is 12.8 Å². The number of halogens is 1. The maximum atomic E-state index is 14.8. The Morgan fingerprint density at radius 2 is 1.80 bits per heavy atom. The number of hydrogen-bond acceptors (Lipinski definition) is 6. The molecule has 188 valence electrons. The van der Waals surface area contributed by atoms with Crippen molar-refractivity contribution in [3.63, 3.8) is 0 Å². The number of amides is 2. The number of nitrogens with two attached hydrogens (primary N) is 1. The van der Waals surface area contributed by atoms with Crippen LogP contribution in [0.1, 0.15) is 36.8 Å². The Morgan fingerprint density at radius 3 is 2.40 bits per heavy atom. The molecule has 3 aromatic rings. The van der Waals surface area contributed by atoms with Crippen LogP contribution in [-0.4, -0.2) is 54.6 Å². The lowest BCUT2D eigenvalue weighted by Gasteiger charge is -2.30. The topological polar surface area (TPSA) is 136 Å². The molecule has 1 aromatic heterocycles. The van der Waals surface area contributed by atoms with E-state index >= 15 is 0 Å². The lowest BCUT2D eigenvalue weighted by molar-refractivity contribution is -0.125. The Hall–Kier alpha value is -3.47. The minimum atomic E-state index is -3.26. The molecule has 4 N–H and O–H groups in total. The number of nitrogens with zero attached hydrogens (tertiary/aromatic N) is 2. The molecule has 35 heavy (non-hydrogen) atoms. The molecule has 0 bridgehead atoms. The van der Waals surface area contributed by atoms with Crippen LogP contribution in [0.5, 0.6) is 0 Å². The van der Waals surface area contributed by atoms with Crippen LogP contribution < -0.4 is 16.4 Å². The third kappa shape index (κ3) is 6.56. The summed E-state index contributed by atoms with van der Waals surface area (Å²) < 4.78 is 38.9. The highest BCUT2D eigenvalue weighted by atomic mass is 32.2. The van der Waals surface area contributed by atoms with Crippen LogP contribution in [0.25, 0.3) is 10.9 Å². The van der Waals surface area contributed by atoms with Gasteiger partial charge in [-0.1, -0.05) is 45.0 Å². The fourth-order valence-electron chi connectivity index (χ4n) is 3.61. The largest absolute Gasteiger partial charge is 0.399 e. The zero-order chi connectivity index (χ0) is 26.0. The van der Waals surface area contributed by atoms with Gasteiger partial charge >= 0.3 is 0 Å². The second-order valence-electron chi connectivity index (χ2n) is 9.58. The lowest BCUT2D eigenvalue weighted by Crippen LogP contribution is -2.54. The Kier molecular flexibility index (Phi) is 7.49. The van der Waals surface area contributed by atoms with E-state index in [0.29, 0.717) is 11.1 Å². The summed E-state index contributed by atoms with van der Waals surface area (Å²) in [5.74, 6) is -1.92. The maximum absolute atomic E-state index is 14.8. The molecule has 9 nitrogen and oxygen atoms in total. The van der Waals surface area contributed by atoms with Crippen LogP contribution in [0.2, 0.25) is 0 Å². The first-order valence-corrected chi connectivity index (χ1v) is 13.1. The first kappa shape index (κ1) is 26.1. The molecule has 1 atom stereocenters. The molecule has 3 rings (SSSR count). The summed E-state index contributed by atoms with van der Waals surface area (Å²) >= 11 is 0. The number of benzene rings is 2. The first-order valence-electron chi connectivity index (χ1n) is 11.0. The van der Waals surface area contributed by atoms with Crippen molar-refractivity contribution in [1.29, 1.82) is 0 Å². The highest BCUT2D eigenvalue weighted by Crippen LogP contribution is 2.25. The molecule has 0 aliphatic rings. The van der Waals surface area contributed by atoms with E-state index in [9.17, 15) is 22.4 Å². The summed E-state index contributed by atoms with van der Waals surface area (Å²) in [7, 11) is -3.26. The van der Waals surface area contributed by atoms with Crippen LogP contribution in [0.4, 0.5) is 10.1 Å². The molecule has 0 spiro atoms. The third-order valence-electron chi connectivity index (χ3n) is 5.42. The smallest absolute Gasteiger partial charge is 0.273 e.